The van der Waals surface area contributed by atoms with E-state index in [0.29, 0.717) is 12.8 Å². The molecule has 4 nitrogen and oxygen atoms in total. The highest BCUT2D eigenvalue weighted by molar-refractivity contribution is 5.75. The number of unbranched alkanes of at least 4 members (excludes halogenated alkanes) is 5. The number of hydrogen-bond donors (Lipinski definition) is 1. The minimum absolute atomic E-state index is 0.153. The zero-order valence-electron chi connectivity index (χ0n) is 10.9. The SMILES string of the molecule is CCCCCC(=O)NCCCCCCC([NH])=O. The number of carbonyl (C=O) groups excluding carboxylic acids is 2. The van der Waals surface area contributed by atoms with Crippen LogP contribution in [0.2, 0.25) is 0 Å². The van der Waals surface area contributed by atoms with Crippen molar-refractivity contribution in [2.24, 2.45) is 0 Å². The lowest BCUT2D eigenvalue weighted by atomic mass is 10.1. The molecule has 0 unspecified atom stereocenters. The Hall–Kier alpha value is -1.06. The number of hydrogen-bond acceptors (Lipinski definition) is 2. The van der Waals surface area contributed by atoms with E-state index in [4.69, 9.17) is 5.73 Å². The monoisotopic (exact) mass is 241 g/mol. The second-order valence-corrected chi connectivity index (χ2v) is 4.39. The summed E-state index contributed by atoms with van der Waals surface area (Å²) in [7, 11) is 0. The number of amides is 2. The maximum atomic E-state index is 11.3. The summed E-state index contributed by atoms with van der Waals surface area (Å²) < 4.78 is 0. The summed E-state index contributed by atoms with van der Waals surface area (Å²) in [5.74, 6) is -0.325. The Kier molecular flexibility index (Phi) is 10.7. The molecule has 99 valence electrons. The summed E-state index contributed by atoms with van der Waals surface area (Å²) in [6, 6.07) is 0. The third-order valence-electron chi connectivity index (χ3n) is 2.66. The van der Waals surface area contributed by atoms with E-state index in [-0.39, 0.29) is 5.91 Å². The Morgan fingerprint density at radius 1 is 0.941 bits per heavy atom. The fraction of sp³-hybridized carbons (Fsp3) is 0.846. The first-order valence-electron chi connectivity index (χ1n) is 6.68. The number of rotatable bonds is 11. The van der Waals surface area contributed by atoms with Crippen LogP contribution < -0.4 is 11.1 Å². The van der Waals surface area contributed by atoms with Crippen molar-refractivity contribution in [3.05, 3.63) is 0 Å². The van der Waals surface area contributed by atoms with Crippen LogP contribution >= 0.6 is 0 Å². The molecule has 0 atom stereocenters. The summed E-state index contributed by atoms with van der Waals surface area (Å²) >= 11 is 0. The Morgan fingerprint density at radius 3 is 2.24 bits per heavy atom. The fourth-order valence-electron chi connectivity index (χ4n) is 1.62. The smallest absolute Gasteiger partial charge is 0.238 e. The molecule has 0 aliphatic heterocycles. The van der Waals surface area contributed by atoms with Gasteiger partial charge in [-0.05, 0) is 19.3 Å². The fourth-order valence-corrected chi connectivity index (χ4v) is 1.62. The molecule has 0 bridgehead atoms. The number of nitrogens with one attached hydrogen (secondary N) is 2. The minimum Gasteiger partial charge on any atom is -0.356 e. The van der Waals surface area contributed by atoms with Crippen molar-refractivity contribution >= 4 is 11.8 Å². The van der Waals surface area contributed by atoms with Gasteiger partial charge in [-0.2, -0.15) is 0 Å². The van der Waals surface area contributed by atoms with E-state index in [1.807, 2.05) is 0 Å². The number of carbonyl (C=O) groups is 2. The predicted octanol–water partition coefficient (Wildman–Crippen LogP) is 2.44. The van der Waals surface area contributed by atoms with Crippen LogP contribution in [0.1, 0.15) is 64.7 Å². The van der Waals surface area contributed by atoms with Crippen LogP contribution in [0.3, 0.4) is 0 Å². The quantitative estimate of drug-likeness (QED) is 0.564. The maximum Gasteiger partial charge on any atom is 0.238 e. The van der Waals surface area contributed by atoms with Crippen LogP contribution in [0.15, 0.2) is 0 Å². The van der Waals surface area contributed by atoms with Crippen LogP contribution in [0, 0.1) is 0 Å². The van der Waals surface area contributed by atoms with Gasteiger partial charge in [0.25, 0.3) is 0 Å². The molecule has 2 amide bonds. The van der Waals surface area contributed by atoms with Crippen LogP contribution in [0.5, 0.6) is 0 Å². The third kappa shape index (κ3) is 12.9. The molecular formula is C13H25N2O2. The molecule has 0 fully saturated rings. The standard InChI is InChI=1S/C13H25N2O2/c1-2-3-6-10-13(17)15-11-8-5-4-7-9-12(14)16/h14H,2-11H2,1H3,(H,15,17). The lowest BCUT2D eigenvalue weighted by Crippen LogP contribution is -2.23. The molecular weight excluding hydrogens is 216 g/mol. The van der Waals surface area contributed by atoms with Crippen LogP contribution in [0.25, 0.3) is 0 Å². The van der Waals surface area contributed by atoms with Crippen molar-refractivity contribution in [2.75, 3.05) is 6.54 Å². The van der Waals surface area contributed by atoms with E-state index < -0.39 is 5.91 Å². The summed E-state index contributed by atoms with van der Waals surface area (Å²) in [6.07, 6.45) is 7.99. The Labute approximate surface area is 104 Å². The first-order valence-corrected chi connectivity index (χ1v) is 6.68. The average Bonchev–Trinajstić information content (AvgIpc) is 2.28. The molecule has 0 aliphatic carbocycles. The van der Waals surface area contributed by atoms with Gasteiger partial charge in [0.2, 0.25) is 11.8 Å². The van der Waals surface area contributed by atoms with Gasteiger partial charge in [-0.25, -0.2) is 0 Å². The maximum absolute atomic E-state index is 11.3. The van der Waals surface area contributed by atoms with Gasteiger partial charge in [0.15, 0.2) is 0 Å². The third-order valence-corrected chi connectivity index (χ3v) is 2.66. The highest BCUT2D eigenvalue weighted by atomic mass is 16.1. The van der Waals surface area contributed by atoms with Gasteiger partial charge in [0, 0.05) is 19.4 Å². The van der Waals surface area contributed by atoms with Gasteiger partial charge in [-0.1, -0.05) is 32.6 Å². The minimum atomic E-state index is -0.478. The van der Waals surface area contributed by atoms with E-state index in [0.717, 1.165) is 51.5 Å². The molecule has 0 aromatic rings. The molecule has 0 aromatic carbocycles. The van der Waals surface area contributed by atoms with Crippen LogP contribution in [-0.2, 0) is 9.59 Å². The lowest BCUT2D eigenvalue weighted by molar-refractivity contribution is -0.121. The van der Waals surface area contributed by atoms with E-state index in [1.54, 1.807) is 0 Å². The summed E-state index contributed by atoms with van der Waals surface area (Å²) in [6.45, 7) is 2.86. The van der Waals surface area contributed by atoms with E-state index >= 15 is 0 Å². The van der Waals surface area contributed by atoms with Crippen molar-refractivity contribution in [1.29, 1.82) is 0 Å². The summed E-state index contributed by atoms with van der Waals surface area (Å²) in [5.41, 5.74) is 6.73. The van der Waals surface area contributed by atoms with Gasteiger partial charge in [-0.3, -0.25) is 15.3 Å². The van der Waals surface area contributed by atoms with Gasteiger partial charge in [0.1, 0.15) is 0 Å². The van der Waals surface area contributed by atoms with Gasteiger partial charge in [-0.15, -0.1) is 0 Å². The average molecular weight is 241 g/mol. The van der Waals surface area contributed by atoms with Crippen LogP contribution in [0.4, 0.5) is 0 Å². The lowest BCUT2D eigenvalue weighted by Gasteiger charge is -2.04. The Bertz CT molecular complexity index is 217. The molecule has 4 heteroatoms. The normalized spacial score (nSPS) is 10.2. The molecule has 0 spiro atoms. The molecule has 0 saturated carbocycles. The predicted molar refractivity (Wildman–Crippen MR) is 68.3 cm³/mol. The van der Waals surface area contributed by atoms with Gasteiger partial charge < -0.3 is 5.32 Å². The Balaban J connectivity index is 3.16. The van der Waals surface area contributed by atoms with E-state index in [2.05, 4.69) is 12.2 Å². The van der Waals surface area contributed by atoms with Gasteiger partial charge in [0.05, 0.1) is 0 Å². The van der Waals surface area contributed by atoms with E-state index in [1.165, 1.54) is 0 Å². The molecule has 0 aromatic heterocycles. The molecule has 0 rings (SSSR count). The largest absolute Gasteiger partial charge is 0.356 e. The van der Waals surface area contributed by atoms with E-state index in [9.17, 15) is 9.59 Å². The summed E-state index contributed by atoms with van der Waals surface area (Å²) in [4.78, 5) is 21.7. The highest BCUT2D eigenvalue weighted by Crippen LogP contribution is 2.02. The molecule has 0 aliphatic rings. The zero-order valence-corrected chi connectivity index (χ0v) is 10.9. The van der Waals surface area contributed by atoms with Crippen molar-refractivity contribution in [1.82, 2.24) is 11.1 Å². The topological polar surface area (TPSA) is 70.0 Å². The molecule has 17 heavy (non-hydrogen) atoms. The second kappa shape index (κ2) is 11.4. The Morgan fingerprint density at radius 2 is 1.59 bits per heavy atom. The van der Waals surface area contributed by atoms with Crippen molar-refractivity contribution < 1.29 is 9.59 Å². The van der Waals surface area contributed by atoms with Crippen molar-refractivity contribution in [3.8, 4) is 0 Å². The van der Waals surface area contributed by atoms with Crippen molar-refractivity contribution in [3.63, 3.8) is 0 Å². The summed E-state index contributed by atoms with van der Waals surface area (Å²) in [5, 5.41) is 2.90. The first kappa shape index (κ1) is 15.9. The molecule has 1 radical (unpaired) electrons. The zero-order chi connectivity index (χ0) is 12.9. The molecule has 2 N–H and O–H groups in total. The molecule has 0 saturated heterocycles. The van der Waals surface area contributed by atoms with Crippen LogP contribution in [-0.4, -0.2) is 18.4 Å². The highest BCUT2D eigenvalue weighted by Gasteiger charge is 2.00. The first-order chi connectivity index (χ1) is 8.16. The van der Waals surface area contributed by atoms with Crippen molar-refractivity contribution in [2.45, 2.75) is 64.7 Å². The van der Waals surface area contributed by atoms with Gasteiger partial charge >= 0.3 is 0 Å². The molecule has 0 heterocycles. The second-order valence-electron chi connectivity index (χ2n) is 4.39.